The first kappa shape index (κ1) is 20.7. The van der Waals surface area contributed by atoms with E-state index in [4.69, 9.17) is 16.1 Å². The molecule has 8 heteroatoms. The van der Waals surface area contributed by atoms with Gasteiger partial charge in [-0.25, -0.2) is 0 Å². The van der Waals surface area contributed by atoms with Crippen LogP contribution in [-0.2, 0) is 9.59 Å². The van der Waals surface area contributed by atoms with Crippen LogP contribution in [0.4, 0.5) is 5.69 Å². The van der Waals surface area contributed by atoms with Crippen molar-refractivity contribution in [2.75, 3.05) is 24.5 Å². The molecule has 1 aromatic heterocycles. The molecule has 0 spiro atoms. The van der Waals surface area contributed by atoms with Crippen LogP contribution in [0.1, 0.15) is 29.4 Å². The van der Waals surface area contributed by atoms with E-state index in [2.05, 4.69) is 10.1 Å². The third kappa shape index (κ3) is 3.77. The molecule has 1 unspecified atom stereocenters. The number of halogens is 1. The van der Waals surface area contributed by atoms with Crippen molar-refractivity contribution in [2.24, 2.45) is 5.92 Å². The fourth-order valence-corrected chi connectivity index (χ4v) is 4.43. The molecule has 3 heterocycles. The van der Waals surface area contributed by atoms with Crippen LogP contribution in [0.15, 0.2) is 47.0 Å². The Morgan fingerprint density at radius 3 is 2.66 bits per heavy atom. The van der Waals surface area contributed by atoms with E-state index >= 15 is 0 Å². The van der Waals surface area contributed by atoms with Gasteiger partial charge < -0.3 is 14.3 Å². The molecule has 0 bridgehead atoms. The Morgan fingerprint density at radius 1 is 1.09 bits per heavy atom. The maximum absolute atomic E-state index is 13.0. The molecule has 0 aliphatic carbocycles. The van der Waals surface area contributed by atoms with Gasteiger partial charge in [-0.2, -0.15) is 4.98 Å². The molecule has 2 amide bonds. The second-order valence-corrected chi connectivity index (χ2v) is 9.02. The standard InChI is InChI=1S/C24H23ClN4O3/c1-14-6-7-20(8-15(14)2)29-13-17(10-21(29)30)24(31)28-11-18(12-28)23-26-22(27-32-23)16-4-3-5-19(25)9-16/h3-9,17-18H,10-13H2,1-2H3. The normalized spacial score (nSPS) is 18.8. The lowest BCUT2D eigenvalue weighted by atomic mass is 9.96. The minimum Gasteiger partial charge on any atom is -0.341 e. The van der Waals surface area contributed by atoms with Crippen LogP contribution >= 0.6 is 11.6 Å². The van der Waals surface area contributed by atoms with Gasteiger partial charge in [-0.1, -0.05) is 35.0 Å². The number of rotatable bonds is 4. The van der Waals surface area contributed by atoms with Crippen molar-refractivity contribution >= 4 is 29.1 Å². The highest BCUT2D eigenvalue weighted by atomic mass is 35.5. The number of aromatic nitrogens is 2. The third-order valence-corrected chi connectivity index (χ3v) is 6.58. The van der Waals surface area contributed by atoms with Crippen molar-refractivity contribution in [3.8, 4) is 11.4 Å². The maximum Gasteiger partial charge on any atom is 0.233 e. The molecule has 2 aliphatic heterocycles. The predicted octanol–water partition coefficient (Wildman–Crippen LogP) is 3.99. The van der Waals surface area contributed by atoms with Crippen LogP contribution in [0.2, 0.25) is 5.02 Å². The monoisotopic (exact) mass is 450 g/mol. The van der Waals surface area contributed by atoms with Gasteiger partial charge in [-0.3, -0.25) is 9.59 Å². The summed E-state index contributed by atoms with van der Waals surface area (Å²) in [7, 11) is 0. The van der Waals surface area contributed by atoms with Crippen LogP contribution < -0.4 is 4.90 Å². The number of carbonyl (C=O) groups excluding carboxylic acids is 2. The largest absolute Gasteiger partial charge is 0.341 e. The van der Waals surface area contributed by atoms with Crippen molar-refractivity contribution in [1.82, 2.24) is 15.0 Å². The summed E-state index contributed by atoms with van der Waals surface area (Å²) in [5.74, 6) is 0.686. The number of likely N-dealkylation sites (tertiary alicyclic amines) is 1. The molecule has 0 N–H and O–H groups in total. The molecule has 32 heavy (non-hydrogen) atoms. The van der Waals surface area contributed by atoms with Crippen molar-refractivity contribution in [3.05, 3.63) is 64.5 Å². The van der Waals surface area contributed by atoms with E-state index in [1.165, 1.54) is 5.56 Å². The predicted molar refractivity (Wildman–Crippen MR) is 120 cm³/mol. The van der Waals surface area contributed by atoms with Crippen LogP contribution in [0.3, 0.4) is 0 Å². The number of hydrogen-bond donors (Lipinski definition) is 0. The number of hydrogen-bond acceptors (Lipinski definition) is 5. The van der Waals surface area contributed by atoms with Gasteiger partial charge in [-0.15, -0.1) is 0 Å². The second-order valence-electron chi connectivity index (χ2n) is 8.58. The van der Waals surface area contributed by atoms with Crippen LogP contribution in [0, 0.1) is 19.8 Å². The summed E-state index contributed by atoms with van der Waals surface area (Å²) in [6, 6.07) is 13.2. The van der Waals surface area contributed by atoms with Crippen LogP contribution in [-0.4, -0.2) is 46.5 Å². The summed E-state index contributed by atoms with van der Waals surface area (Å²) >= 11 is 6.04. The molecular weight excluding hydrogens is 428 g/mol. The first-order valence-corrected chi connectivity index (χ1v) is 11.0. The summed E-state index contributed by atoms with van der Waals surface area (Å²) < 4.78 is 5.42. The SMILES string of the molecule is Cc1ccc(N2CC(C(=O)N3CC(c4nc(-c5cccc(Cl)c5)no4)C3)CC2=O)cc1C. The van der Waals surface area contributed by atoms with Crippen molar-refractivity contribution in [2.45, 2.75) is 26.2 Å². The highest BCUT2D eigenvalue weighted by molar-refractivity contribution is 6.30. The lowest BCUT2D eigenvalue weighted by Crippen LogP contribution is -2.51. The summed E-state index contributed by atoms with van der Waals surface area (Å²) in [5, 5.41) is 4.65. The summed E-state index contributed by atoms with van der Waals surface area (Å²) in [6.45, 7) is 5.52. The molecule has 3 aromatic rings. The Morgan fingerprint density at radius 2 is 1.91 bits per heavy atom. The van der Waals surface area contributed by atoms with Crippen molar-refractivity contribution in [3.63, 3.8) is 0 Å². The summed E-state index contributed by atoms with van der Waals surface area (Å²) in [4.78, 5) is 33.5. The zero-order valence-electron chi connectivity index (χ0n) is 17.9. The third-order valence-electron chi connectivity index (χ3n) is 6.34. The van der Waals surface area contributed by atoms with E-state index < -0.39 is 0 Å². The average molecular weight is 451 g/mol. The molecule has 164 valence electrons. The second kappa shape index (κ2) is 8.06. The first-order valence-electron chi connectivity index (χ1n) is 10.6. The zero-order chi connectivity index (χ0) is 22.4. The maximum atomic E-state index is 13.0. The molecule has 0 saturated carbocycles. The van der Waals surface area contributed by atoms with E-state index in [0.29, 0.717) is 36.4 Å². The lowest BCUT2D eigenvalue weighted by Gasteiger charge is -2.38. The molecule has 2 aromatic carbocycles. The Balaban J connectivity index is 1.21. The number of anilines is 1. The summed E-state index contributed by atoms with van der Waals surface area (Å²) in [5.41, 5.74) is 3.96. The van der Waals surface area contributed by atoms with E-state index in [1.807, 2.05) is 44.2 Å². The number of nitrogens with zero attached hydrogens (tertiary/aromatic N) is 4. The van der Waals surface area contributed by atoms with Gasteiger partial charge in [0.05, 0.1) is 11.8 Å². The molecule has 2 aliphatic rings. The fraction of sp³-hybridized carbons (Fsp3) is 0.333. The first-order chi connectivity index (χ1) is 15.4. The molecule has 2 fully saturated rings. The molecule has 2 saturated heterocycles. The highest BCUT2D eigenvalue weighted by Crippen LogP contribution is 2.33. The zero-order valence-corrected chi connectivity index (χ0v) is 18.7. The average Bonchev–Trinajstić information content (AvgIpc) is 3.36. The number of amides is 2. The highest BCUT2D eigenvalue weighted by Gasteiger charge is 2.42. The lowest BCUT2D eigenvalue weighted by molar-refractivity contribution is -0.140. The van der Waals surface area contributed by atoms with Crippen LogP contribution in [0.25, 0.3) is 11.4 Å². The smallest absolute Gasteiger partial charge is 0.233 e. The van der Waals surface area contributed by atoms with Crippen molar-refractivity contribution in [1.29, 1.82) is 0 Å². The molecular formula is C24H23ClN4O3. The van der Waals surface area contributed by atoms with Gasteiger partial charge in [-0.05, 0) is 49.2 Å². The Labute approximate surface area is 191 Å². The quantitative estimate of drug-likeness (QED) is 0.600. The molecule has 5 rings (SSSR count). The number of benzene rings is 2. The molecule has 0 radical (unpaired) electrons. The van der Waals surface area contributed by atoms with E-state index in [1.54, 1.807) is 21.9 Å². The Hall–Kier alpha value is -3.19. The molecule has 7 nitrogen and oxygen atoms in total. The fourth-order valence-electron chi connectivity index (χ4n) is 4.23. The van der Waals surface area contributed by atoms with Gasteiger partial charge >= 0.3 is 0 Å². The van der Waals surface area contributed by atoms with E-state index in [9.17, 15) is 9.59 Å². The topological polar surface area (TPSA) is 79.5 Å². The van der Waals surface area contributed by atoms with Gasteiger partial charge in [0, 0.05) is 42.3 Å². The van der Waals surface area contributed by atoms with E-state index in [-0.39, 0.29) is 30.1 Å². The van der Waals surface area contributed by atoms with Gasteiger partial charge in [0.15, 0.2) is 0 Å². The van der Waals surface area contributed by atoms with Gasteiger partial charge in [0.2, 0.25) is 23.5 Å². The Kier molecular flexibility index (Phi) is 5.21. The van der Waals surface area contributed by atoms with Crippen molar-refractivity contribution < 1.29 is 14.1 Å². The van der Waals surface area contributed by atoms with Gasteiger partial charge in [0.1, 0.15) is 0 Å². The molecule has 1 atom stereocenters. The minimum absolute atomic E-state index is 0.00680. The number of carbonyl (C=O) groups is 2. The van der Waals surface area contributed by atoms with E-state index in [0.717, 1.165) is 16.8 Å². The summed E-state index contributed by atoms with van der Waals surface area (Å²) in [6.07, 6.45) is 0.242. The minimum atomic E-state index is -0.324. The Bertz CT molecular complexity index is 1200. The van der Waals surface area contributed by atoms with Crippen LogP contribution in [0.5, 0.6) is 0 Å². The number of aryl methyl sites for hydroxylation is 2. The van der Waals surface area contributed by atoms with Gasteiger partial charge in [0.25, 0.3) is 0 Å².